The molecule has 0 rings (SSSR count). The van der Waals surface area contributed by atoms with E-state index in [1.54, 1.807) is 4.72 Å². The molecule has 0 spiro atoms. The van der Waals surface area contributed by atoms with Crippen LogP contribution in [0.4, 0.5) is 13.2 Å². The van der Waals surface area contributed by atoms with Gasteiger partial charge in [-0.1, -0.05) is 0 Å². The Hall–Kier alpha value is -0.380. The Kier molecular flexibility index (Phi) is 4.97. The number of aliphatic hydroxyl groups excluding tert-OH is 1. The third-order valence-electron chi connectivity index (χ3n) is 1.24. The molecule has 0 aromatic rings. The standard InChI is InChI=1S/C6H13F3N2O3S/c1-4(2)11-15(13,14)10-3-5(12)6(7,8)9/h4-5,10-12H,3H2,1-2H3. The highest BCUT2D eigenvalue weighted by Gasteiger charge is 2.38. The zero-order valence-corrected chi connectivity index (χ0v) is 8.98. The summed E-state index contributed by atoms with van der Waals surface area (Å²) in [5.74, 6) is 0. The third-order valence-corrected chi connectivity index (χ3v) is 2.56. The van der Waals surface area contributed by atoms with Gasteiger partial charge in [0.25, 0.3) is 10.2 Å². The van der Waals surface area contributed by atoms with Crippen LogP contribution in [0.2, 0.25) is 0 Å². The monoisotopic (exact) mass is 250 g/mol. The highest BCUT2D eigenvalue weighted by Crippen LogP contribution is 2.19. The van der Waals surface area contributed by atoms with Gasteiger partial charge in [0.1, 0.15) is 0 Å². The van der Waals surface area contributed by atoms with Gasteiger partial charge in [-0.3, -0.25) is 0 Å². The van der Waals surface area contributed by atoms with Crippen molar-refractivity contribution in [2.24, 2.45) is 0 Å². The zero-order valence-electron chi connectivity index (χ0n) is 8.17. The molecule has 0 bridgehead atoms. The Morgan fingerprint density at radius 3 is 2.13 bits per heavy atom. The molecule has 5 nitrogen and oxygen atoms in total. The number of hydrogen-bond acceptors (Lipinski definition) is 3. The first-order valence-electron chi connectivity index (χ1n) is 4.06. The average molecular weight is 250 g/mol. The molecule has 0 heterocycles. The summed E-state index contributed by atoms with van der Waals surface area (Å²) >= 11 is 0. The van der Waals surface area contributed by atoms with E-state index in [9.17, 15) is 21.6 Å². The van der Waals surface area contributed by atoms with Gasteiger partial charge in [0.2, 0.25) is 0 Å². The minimum atomic E-state index is -4.83. The molecule has 0 saturated heterocycles. The highest BCUT2D eigenvalue weighted by atomic mass is 32.2. The van der Waals surface area contributed by atoms with Crippen LogP contribution in [0, 0.1) is 0 Å². The summed E-state index contributed by atoms with van der Waals surface area (Å²) in [6, 6.07) is -0.439. The van der Waals surface area contributed by atoms with Crippen LogP contribution >= 0.6 is 0 Å². The second-order valence-electron chi connectivity index (χ2n) is 3.18. The van der Waals surface area contributed by atoms with Gasteiger partial charge < -0.3 is 5.11 Å². The van der Waals surface area contributed by atoms with Gasteiger partial charge in [0, 0.05) is 12.6 Å². The third kappa shape index (κ3) is 6.66. The van der Waals surface area contributed by atoms with Gasteiger partial charge in [-0.05, 0) is 13.8 Å². The normalized spacial score (nSPS) is 15.7. The summed E-state index contributed by atoms with van der Waals surface area (Å²) < 4.78 is 60.9. The highest BCUT2D eigenvalue weighted by molar-refractivity contribution is 7.87. The molecule has 92 valence electrons. The molecule has 0 aromatic carbocycles. The minimum absolute atomic E-state index is 0.439. The fraction of sp³-hybridized carbons (Fsp3) is 1.00. The molecule has 0 saturated carbocycles. The minimum Gasteiger partial charge on any atom is -0.382 e. The molecule has 0 aliphatic carbocycles. The van der Waals surface area contributed by atoms with Gasteiger partial charge in [-0.15, -0.1) is 0 Å². The second-order valence-corrected chi connectivity index (χ2v) is 4.71. The Balaban J connectivity index is 4.17. The van der Waals surface area contributed by atoms with Crippen molar-refractivity contribution in [2.75, 3.05) is 6.54 Å². The SMILES string of the molecule is CC(C)NS(=O)(=O)NCC(O)C(F)(F)F. The van der Waals surface area contributed by atoms with Crippen LogP contribution in [0.15, 0.2) is 0 Å². The smallest absolute Gasteiger partial charge is 0.382 e. The van der Waals surface area contributed by atoms with Crippen molar-refractivity contribution in [3.05, 3.63) is 0 Å². The first kappa shape index (κ1) is 14.6. The summed E-state index contributed by atoms with van der Waals surface area (Å²) in [7, 11) is -4.00. The lowest BCUT2D eigenvalue weighted by molar-refractivity contribution is -0.200. The summed E-state index contributed by atoms with van der Waals surface area (Å²) in [5.41, 5.74) is 0. The molecule has 3 N–H and O–H groups in total. The fourth-order valence-corrected chi connectivity index (χ4v) is 1.74. The van der Waals surface area contributed by atoms with Crippen LogP contribution < -0.4 is 9.44 Å². The molecule has 0 amide bonds. The fourth-order valence-electron chi connectivity index (χ4n) is 0.656. The van der Waals surface area contributed by atoms with Crippen LogP contribution in [0.25, 0.3) is 0 Å². The number of aliphatic hydroxyl groups is 1. The Morgan fingerprint density at radius 2 is 1.80 bits per heavy atom. The predicted molar refractivity (Wildman–Crippen MR) is 47.3 cm³/mol. The lowest BCUT2D eigenvalue weighted by Crippen LogP contribution is -2.46. The van der Waals surface area contributed by atoms with Gasteiger partial charge >= 0.3 is 6.18 Å². The van der Waals surface area contributed by atoms with Crippen LogP contribution in [-0.2, 0) is 10.2 Å². The predicted octanol–water partition coefficient (Wildman–Crippen LogP) is -0.258. The molecule has 0 aliphatic rings. The molecule has 15 heavy (non-hydrogen) atoms. The van der Waals surface area contributed by atoms with Crippen molar-refractivity contribution in [1.29, 1.82) is 0 Å². The first-order valence-corrected chi connectivity index (χ1v) is 5.54. The maximum absolute atomic E-state index is 11.8. The van der Waals surface area contributed by atoms with E-state index in [0.717, 1.165) is 0 Å². The van der Waals surface area contributed by atoms with Crippen molar-refractivity contribution in [2.45, 2.75) is 32.2 Å². The molecule has 0 aliphatic heterocycles. The number of halogens is 3. The van der Waals surface area contributed by atoms with E-state index >= 15 is 0 Å². The molecule has 1 atom stereocenters. The lowest BCUT2D eigenvalue weighted by atomic mass is 10.4. The van der Waals surface area contributed by atoms with Crippen molar-refractivity contribution in [1.82, 2.24) is 9.44 Å². The van der Waals surface area contributed by atoms with Gasteiger partial charge in [-0.2, -0.15) is 31.0 Å². The van der Waals surface area contributed by atoms with Crippen molar-refractivity contribution >= 4 is 10.2 Å². The Labute approximate surface area is 85.9 Å². The van der Waals surface area contributed by atoms with Crippen molar-refractivity contribution in [3.8, 4) is 0 Å². The van der Waals surface area contributed by atoms with Crippen LogP contribution in [0.5, 0.6) is 0 Å². The van der Waals surface area contributed by atoms with E-state index in [4.69, 9.17) is 5.11 Å². The number of hydrogen-bond donors (Lipinski definition) is 3. The van der Waals surface area contributed by atoms with Gasteiger partial charge in [-0.25, -0.2) is 0 Å². The van der Waals surface area contributed by atoms with Crippen molar-refractivity contribution in [3.63, 3.8) is 0 Å². The second kappa shape index (κ2) is 5.10. The topological polar surface area (TPSA) is 78.4 Å². The molecule has 1 unspecified atom stereocenters. The summed E-state index contributed by atoms with van der Waals surface area (Å²) in [5, 5.41) is 8.50. The molecule has 9 heteroatoms. The summed E-state index contributed by atoms with van der Waals surface area (Å²) in [4.78, 5) is 0. The quantitative estimate of drug-likeness (QED) is 0.629. The van der Waals surface area contributed by atoms with Gasteiger partial charge in [0.05, 0.1) is 0 Å². The van der Waals surface area contributed by atoms with Crippen LogP contribution in [0.1, 0.15) is 13.8 Å². The maximum Gasteiger partial charge on any atom is 0.415 e. The van der Waals surface area contributed by atoms with E-state index in [2.05, 4.69) is 0 Å². The molecule has 0 radical (unpaired) electrons. The maximum atomic E-state index is 11.8. The average Bonchev–Trinajstić information content (AvgIpc) is 1.95. The zero-order chi connectivity index (χ0) is 12.3. The molecule has 0 aromatic heterocycles. The van der Waals surface area contributed by atoms with Gasteiger partial charge in [0.15, 0.2) is 6.10 Å². The van der Waals surface area contributed by atoms with Crippen LogP contribution in [-0.4, -0.2) is 38.4 Å². The molecular formula is C6H13F3N2O3S. The first-order chi connectivity index (χ1) is 6.54. The van der Waals surface area contributed by atoms with E-state index in [0.29, 0.717) is 0 Å². The van der Waals surface area contributed by atoms with Crippen LogP contribution in [0.3, 0.4) is 0 Å². The number of rotatable bonds is 5. The van der Waals surface area contributed by atoms with Crippen molar-refractivity contribution < 1.29 is 26.7 Å². The number of alkyl halides is 3. The van der Waals surface area contributed by atoms with E-state index in [-0.39, 0.29) is 0 Å². The largest absolute Gasteiger partial charge is 0.415 e. The van der Waals surface area contributed by atoms with E-state index in [1.165, 1.54) is 13.8 Å². The molecular weight excluding hydrogens is 237 g/mol. The lowest BCUT2D eigenvalue weighted by Gasteiger charge is -2.16. The van der Waals surface area contributed by atoms with E-state index < -0.39 is 35.1 Å². The Morgan fingerprint density at radius 1 is 1.33 bits per heavy atom. The summed E-state index contributed by atoms with van der Waals surface area (Å²) in [6.07, 6.45) is -7.54. The Bertz CT molecular complexity index is 288. The van der Waals surface area contributed by atoms with E-state index in [1.807, 2.05) is 4.72 Å². The molecule has 0 fully saturated rings. The summed E-state index contributed by atoms with van der Waals surface area (Å²) in [6.45, 7) is 1.92. The number of nitrogens with one attached hydrogen (secondary N) is 2.